The van der Waals surface area contributed by atoms with Crippen LogP contribution < -0.4 is 0 Å². The Morgan fingerprint density at radius 2 is 2.00 bits per heavy atom. The molecule has 0 aliphatic carbocycles. The maximum atomic E-state index is 11.7. The molecule has 1 fully saturated rings. The summed E-state index contributed by atoms with van der Waals surface area (Å²) >= 11 is 0. The van der Waals surface area contributed by atoms with Gasteiger partial charge in [-0.15, -0.1) is 0 Å². The number of hydrogen-bond acceptors (Lipinski definition) is 5. The van der Waals surface area contributed by atoms with Crippen LogP contribution in [0.15, 0.2) is 4.99 Å². The summed E-state index contributed by atoms with van der Waals surface area (Å²) in [4.78, 5) is 28.7. The fraction of sp³-hybridized carbons (Fsp3) is 0.769. The molecule has 106 valence electrons. The van der Waals surface area contributed by atoms with Crippen LogP contribution in [0.1, 0.15) is 27.7 Å². The van der Waals surface area contributed by atoms with Crippen LogP contribution in [-0.4, -0.2) is 54.0 Å². The van der Waals surface area contributed by atoms with Crippen molar-refractivity contribution in [3.05, 3.63) is 0 Å². The largest absolute Gasteiger partial charge is 0.468 e. The minimum atomic E-state index is -0.483. The van der Waals surface area contributed by atoms with E-state index in [0.717, 1.165) is 0 Å². The van der Waals surface area contributed by atoms with Crippen LogP contribution in [0, 0.1) is 5.92 Å². The molecular weight excluding hydrogens is 248 g/mol. The van der Waals surface area contributed by atoms with Crippen molar-refractivity contribution in [1.82, 2.24) is 4.90 Å². The number of ketones is 1. The number of carbonyl (C=O) groups is 2. The monoisotopic (exact) mass is 268 g/mol. The summed E-state index contributed by atoms with van der Waals surface area (Å²) in [6.07, 6.45) is -0.754. The number of Topliss-reactive ketones (excluding diaryl/α,β-unsaturated/α-hetero) is 1. The summed E-state index contributed by atoms with van der Waals surface area (Å²) in [6, 6.07) is 0. The van der Waals surface area contributed by atoms with Crippen molar-refractivity contribution in [2.45, 2.75) is 39.4 Å². The van der Waals surface area contributed by atoms with E-state index in [-0.39, 0.29) is 17.8 Å². The maximum absolute atomic E-state index is 11.7. The van der Waals surface area contributed by atoms with E-state index in [0.29, 0.717) is 25.5 Å². The van der Waals surface area contributed by atoms with E-state index in [1.54, 1.807) is 4.90 Å². The molecule has 2 aliphatic heterocycles. The number of ether oxygens (including phenoxy) is 2. The van der Waals surface area contributed by atoms with Gasteiger partial charge < -0.3 is 14.4 Å². The van der Waals surface area contributed by atoms with E-state index in [4.69, 9.17) is 9.47 Å². The summed E-state index contributed by atoms with van der Waals surface area (Å²) in [6.45, 7) is 8.48. The highest BCUT2D eigenvalue weighted by Crippen LogP contribution is 2.24. The van der Waals surface area contributed by atoms with Gasteiger partial charge in [0.2, 0.25) is 0 Å². The molecule has 0 bridgehead atoms. The highest BCUT2D eigenvalue weighted by molar-refractivity contribution is 5.90. The van der Waals surface area contributed by atoms with E-state index in [1.165, 1.54) is 6.92 Å². The molecule has 0 spiro atoms. The maximum Gasteiger partial charge on any atom is 0.410 e. The van der Waals surface area contributed by atoms with Gasteiger partial charge in [0.15, 0.2) is 17.8 Å². The number of amides is 1. The van der Waals surface area contributed by atoms with E-state index in [9.17, 15) is 9.59 Å². The molecule has 1 unspecified atom stereocenters. The van der Waals surface area contributed by atoms with Crippen molar-refractivity contribution in [1.29, 1.82) is 0 Å². The lowest BCUT2D eigenvalue weighted by Crippen LogP contribution is -2.54. The second-order valence-corrected chi connectivity index (χ2v) is 5.98. The van der Waals surface area contributed by atoms with Crippen LogP contribution in [-0.2, 0) is 14.3 Å². The van der Waals surface area contributed by atoms with E-state index in [1.807, 2.05) is 20.8 Å². The minimum Gasteiger partial charge on any atom is -0.468 e. The first kappa shape index (κ1) is 13.8. The Balaban J connectivity index is 1.78. The lowest BCUT2D eigenvalue weighted by atomic mass is 10.0. The first-order valence-corrected chi connectivity index (χ1v) is 6.45. The second-order valence-electron chi connectivity index (χ2n) is 5.98. The van der Waals surface area contributed by atoms with Crippen LogP contribution in [0.25, 0.3) is 0 Å². The molecule has 2 heterocycles. The summed E-state index contributed by atoms with van der Waals surface area (Å²) < 4.78 is 10.7. The molecule has 6 nitrogen and oxygen atoms in total. The van der Waals surface area contributed by atoms with Gasteiger partial charge >= 0.3 is 6.09 Å². The number of aliphatic imine (C=N–C) groups is 1. The predicted octanol–water partition coefficient (Wildman–Crippen LogP) is 1.24. The first-order chi connectivity index (χ1) is 8.76. The van der Waals surface area contributed by atoms with E-state index >= 15 is 0 Å². The third kappa shape index (κ3) is 3.24. The van der Waals surface area contributed by atoms with Gasteiger partial charge in [-0.2, -0.15) is 0 Å². The smallest absolute Gasteiger partial charge is 0.410 e. The van der Waals surface area contributed by atoms with Crippen molar-refractivity contribution in [2.75, 3.05) is 19.6 Å². The normalized spacial score (nSPS) is 23.5. The highest BCUT2D eigenvalue weighted by atomic mass is 16.6. The zero-order valence-corrected chi connectivity index (χ0v) is 11.8. The Hall–Kier alpha value is -1.59. The quantitative estimate of drug-likeness (QED) is 0.755. The molecule has 2 rings (SSSR count). The minimum absolute atomic E-state index is 0.0120. The Morgan fingerprint density at radius 3 is 2.47 bits per heavy atom. The lowest BCUT2D eigenvalue weighted by Gasteiger charge is -2.39. The molecule has 0 N–H and O–H groups in total. The summed E-state index contributed by atoms with van der Waals surface area (Å²) in [5.74, 6) is 0.680. The third-order valence-corrected chi connectivity index (χ3v) is 3.01. The van der Waals surface area contributed by atoms with Crippen molar-refractivity contribution in [2.24, 2.45) is 10.9 Å². The van der Waals surface area contributed by atoms with Gasteiger partial charge in [0.1, 0.15) is 5.60 Å². The summed E-state index contributed by atoms with van der Waals surface area (Å²) in [5, 5.41) is 0. The Kier molecular flexibility index (Phi) is 3.52. The zero-order valence-electron chi connectivity index (χ0n) is 11.8. The van der Waals surface area contributed by atoms with E-state index < -0.39 is 11.7 Å². The molecule has 0 aromatic carbocycles. The fourth-order valence-electron chi connectivity index (χ4n) is 1.94. The van der Waals surface area contributed by atoms with Gasteiger partial charge in [0, 0.05) is 13.1 Å². The third-order valence-electron chi connectivity index (χ3n) is 3.01. The first-order valence-electron chi connectivity index (χ1n) is 6.45. The lowest BCUT2D eigenvalue weighted by molar-refractivity contribution is -0.123. The van der Waals surface area contributed by atoms with Gasteiger partial charge in [-0.1, -0.05) is 0 Å². The molecule has 0 saturated carbocycles. The van der Waals surface area contributed by atoms with Crippen molar-refractivity contribution in [3.63, 3.8) is 0 Å². The second kappa shape index (κ2) is 4.83. The van der Waals surface area contributed by atoms with Gasteiger partial charge in [0.05, 0.1) is 12.5 Å². The Morgan fingerprint density at radius 1 is 1.37 bits per heavy atom. The van der Waals surface area contributed by atoms with Crippen LogP contribution in [0.5, 0.6) is 0 Å². The number of rotatable bonds is 2. The van der Waals surface area contributed by atoms with Crippen molar-refractivity contribution < 1.29 is 19.1 Å². The van der Waals surface area contributed by atoms with Crippen LogP contribution in [0.2, 0.25) is 0 Å². The molecule has 6 heteroatoms. The molecular formula is C13H20N2O4. The average molecular weight is 268 g/mol. The van der Waals surface area contributed by atoms with Gasteiger partial charge in [-0.25, -0.2) is 4.79 Å². The SMILES string of the molecule is CC(=O)C1CN=C(C2CN(C(=O)OC(C)(C)C)C2)O1. The molecule has 0 aromatic heterocycles. The topological polar surface area (TPSA) is 68.2 Å². The number of likely N-dealkylation sites (tertiary alicyclic amines) is 1. The molecule has 0 aromatic rings. The Bertz CT molecular complexity index is 419. The number of hydrogen-bond donors (Lipinski definition) is 0. The zero-order chi connectivity index (χ0) is 14.2. The molecule has 2 aliphatic rings. The molecule has 1 atom stereocenters. The molecule has 0 radical (unpaired) electrons. The van der Waals surface area contributed by atoms with Gasteiger partial charge in [0.25, 0.3) is 0 Å². The summed E-state index contributed by atoms with van der Waals surface area (Å²) in [5.41, 5.74) is -0.483. The van der Waals surface area contributed by atoms with Crippen molar-refractivity contribution >= 4 is 17.8 Å². The standard InChI is InChI=1S/C13H20N2O4/c1-8(16)10-5-14-11(18-10)9-6-15(7-9)12(17)19-13(2,3)4/h9-10H,5-7H2,1-4H3. The molecule has 1 amide bonds. The fourth-order valence-corrected chi connectivity index (χ4v) is 1.94. The van der Waals surface area contributed by atoms with Crippen LogP contribution >= 0.6 is 0 Å². The highest BCUT2D eigenvalue weighted by Gasteiger charge is 2.40. The van der Waals surface area contributed by atoms with Gasteiger partial charge in [-0.05, 0) is 27.7 Å². The van der Waals surface area contributed by atoms with Crippen LogP contribution in [0.4, 0.5) is 4.79 Å². The molecule has 19 heavy (non-hydrogen) atoms. The molecule has 1 saturated heterocycles. The predicted molar refractivity (Wildman–Crippen MR) is 69.2 cm³/mol. The summed E-state index contributed by atoms with van der Waals surface area (Å²) in [7, 11) is 0. The average Bonchev–Trinajstić information content (AvgIpc) is 2.61. The number of nitrogens with zero attached hydrogens (tertiary/aromatic N) is 2. The van der Waals surface area contributed by atoms with E-state index in [2.05, 4.69) is 4.99 Å². The van der Waals surface area contributed by atoms with Crippen LogP contribution in [0.3, 0.4) is 0 Å². The van der Waals surface area contributed by atoms with Gasteiger partial charge in [-0.3, -0.25) is 9.79 Å². The van der Waals surface area contributed by atoms with Crippen molar-refractivity contribution in [3.8, 4) is 0 Å². The number of carbonyl (C=O) groups excluding carboxylic acids is 2. The Labute approximate surface area is 112 Å².